The average Bonchev–Trinajstić information content (AvgIpc) is 3.41. The molecule has 310 valence electrons. The smallest absolute Gasteiger partial charge is 0.164 e. The fourth-order valence-electron chi connectivity index (χ4n) is 8.48. The lowest BCUT2D eigenvalue weighted by molar-refractivity contribution is 1.07. The molecule has 0 bridgehead atoms. The van der Waals surface area contributed by atoms with Gasteiger partial charge in [0.15, 0.2) is 34.9 Å². The Labute approximate surface area is 383 Å². The zero-order valence-electron chi connectivity index (χ0n) is 35.8. The van der Waals surface area contributed by atoms with E-state index in [1.54, 1.807) is 0 Å². The summed E-state index contributed by atoms with van der Waals surface area (Å²) in [6.45, 7) is 0. The molecular weight excluding hydrogens is 805 g/mol. The molecule has 11 rings (SSSR count). The molecule has 0 unspecified atom stereocenters. The van der Waals surface area contributed by atoms with Gasteiger partial charge >= 0.3 is 0 Å². The summed E-state index contributed by atoms with van der Waals surface area (Å²) < 4.78 is 0. The fourth-order valence-corrected chi connectivity index (χ4v) is 8.48. The van der Waals surface area contributed by atoms with E-state index in [1.165, 1.54) is 0 Å². The molecule has 0 amide bonds. The van der Waals surface area contributed by atoms with Crippen LogP contribution in [0.15, 0.2) is 243 Å². The molecule has 6 nitrogen and oxygen atoms in total. The summed E-state index contributed by atoms with van der Waals surface area (Å²) in [5.74, 6) is 3.53. The van der Waals surface area contributed by atoms with Gasteiger partial charge in [0.1, 0.15) is 0 Å². The molecule has 9 aromatic carbocycles. The molecule has 0 spiro atoms. The van der Waals surface area contributed by atoms with Gasteiger partial charge in [-0.15, -0.1) is 0 Å². The molecule has 66 heavy (non-hydrogen) atoms. The van der Waals surface area contributed by atoms with Crippen LogP contribution < -0.4 is 0 Å². The summed E-state index contributed by atoms with van der Waals surface area (Å²) in [7, 11) is 0. The van der Waals surface area contributed by atoms with Gasteiger partial charge < -0.3 is 0 Å². The molecule has 0 aliphatic carbocycles. The van der Waals surface area contributed by atoms with E-state index in [-0.39, 0.29) is 0 Å². The minimum absolute atomic E-state index is 0.567. The van der Waals surface area contributed by atoms with E-state index in [4.69, 9.17) is 29.9 Å². The molecule has 0 atom stereocenters. The minimum atomic E-state index is 0.567. The van der Waals surface area contributed by atoms with E-state index in [0.717, 1.165) is 77.9 Å². The second-order valence-electron chi connectivity index (χ2n) is 15.8. The lowest BCUT2D eigenvalue weighted by Crippen LogP contribution is -2.03. The highest BCUT2D eigenvalue weighted by molar-refractivity contribution is 6.03. The number of rotatable bonds is 10. The van der Waals surface area contributed by atoms with Crippen molar-refractivity contribution in [1.29, 1.82) is 0 Å². The molecule has 2 aromatic heterocycles. The molecule has 0 saturated carbocycles. The topological polar surface area (TPSA) is 77.3 Å². The number of hydrogen-bond acceptors (Lipinski definition) is 6. The molecule has 2 heterocycles. The van der Waals surface area contributed by atoms with Crippen molar-refractivity contribution < 1.29 is 0 Å². The van der Waals surface area contributed by atoms with Crippen molar-refractivity contribution >= 4 is 0 Å². The van der Waals surface area contributed by atoms with Crippen LogP contribution >= 0.6 is 0 Å². The van der Waals surface area contributed by atoms with Crippen molar-refractivity contribution in [3.05, 3.63) is 243 Å². The molecular formula is C60H40N6. The van der Waals surface area contributed by atoms with E-state index in [0.29, 0.717) is 34.9 Å². The van der Waals surface area contributed by atoms with Crippen LogP contribution in [0.3, 0.4) is 0 Å². The first-order valence-electron chi connectivity index (χ1n) is 22.0. The van der Waals surface area contributed by atoms with Crippen molar-refractivity contribution in [3.63, 3.8) is 0 Å². The van der Waals surface area contributed by atoms with Gasteiger partial charge in [0.05, 0.1) is 0 Å². The molecule has 6 heteroatoms. The van der Waals surface area contributed by atoms with Gasteiger partial charge in [-0.05, 0) is 51.1 Å². The van der Waals surface area contributed by atoms with Crippen LogP contribution in [0.5, 0.6) is 0 Å². The lowest BCUT2D eigenvalue weighted by atomic mass is 9.83. The maximum Gasteiger partial charge on any atom is 0.164 e. The summed E-state index contributed by atoms with van der Waals surface area (Å²) in [5, 5.41) is 0. The lowest BCUT2D eigenvalue weighted by Gasteiger charge is -2.21. The maximum atomic E-state index is 5.35. The van der Waals surface area contributed by atoms with Gasteiger partial charge in [-0.3, -0.25) is 0 Å². The average molecular weight is 845 g/mol. The summed E-state index contributed by atoms with van der Waals surface area (Å²) in [5.41, 5.74) is 13.7. The van der Waals surface area contributed by atoms with Crippen molar-refractivity contribution in [2.24, 2.45) is 0 Å². The van der Waals surface area contributed by atoms with Crippen LogP contribution in [-0.2, 0) is 0 Å². The second kappa shape index (κ2) is 18.0. The number of benzene rings is 9. The summed E-state index contributed by atoms with van der Waals surface area (Å²) in [6, 6.07) is 83.0. The Bertz CT molecular complexity index is 3380. The first-order valence-corrected chi connectivity index (χ1v) is 22.0. The van der Waals surface area contributed by atoms with Gasteiger partial charge in [-0.2, -0.15) is 0 Å². The zero-order valence-corrected chi connectivity index (χ0v) is 35.8. The van der Waals surface area contributed by atoms with E-state index in [1.807, 2.05) is 109 Å². The highest BCUT2D eigenvalue weighted by atomic mass is 15.0. The fraction of sp³-hybridized carbons (Fsp3) is 0. The van der Waals surface area contributed by atoms with Crippen molar-refractivity contribution in [1.82, 2.24) is 29.9 Å². The van der Waals surface area contributed by atoms with E-state index in [9.17, 15) is 0 Å². The molecule has 0 aliphatic rings. The highest BCUT2D eigenvalue weighted by Crippen LogP contribution is 2.47. The number of aromatic nitrogens is 6. The maximum absolute atomic E-state index is 5.35. The van der Waals surface area contributed by atoms with Crippen LogP contribution in [0, 0.1) is 0 Å². The second-order valence-corrected chi connectivity index (χ2v) is 15.8. The predicted octanol–water partition coefficient (Wildman–Crippen LogP) is 14.7. The van der Waals surface area contributed by atoms with Gasteiger partial charge in [-0.25, -0.2) is 29.9 Å². The molecule has 0 aliphatic heterocycles. The third-order valence-electron chi connectivity index (χ3n) is 11.6. The zero-order chi connectivity index (χ0) is 44.1. The third-order valence-corrected chi connectivity index (χ3v) is 11.6. The number of hydrogen-bond donors (Lipinski definition) is 0. The molecule has 0 radical (unpaired) electrons. The van der Waals surface area contributed by atoms with Crippen LogP contribution in [0.4, 0.5) is 0 Å². The molecule has 0 fully saturated rings. The quantitative estimate of drug-likeness (QED) is 0.136. The Morgan fingerprint density at radius 1 is 0.167 bits per heavy atom. The molecule has 0 N–H and O–H groups in total. The van der Waals surface area contributed by atoms with Crippen LogP contribution in [0.2, 0.25) is 0 Å². The summed E-state index contributed by atoms with van der Waals surface area (Å²) >= 11 is 0. The largest absolute Gasteiger partial charge is 0.208 e. The Morgan fingerprint density at radius 2 is 0.470 bits per heavy atom. The van der Waals surface area contributed by atoms with Gasteiger partial charge in [-0.1, -0.05) is 231 Å². The number of nitrogens with zero attached hydrogens (tertiary/aromatic N) is 6. The summed E-state index contributed by atoms with van der Waals surface area (Å²) in [4.78, 5) is 31.2. The Balaban J connectivity index is 1.17. The van der Waals surface area contributed by atoms with Crippen LogP contribution in [0.25, 0.3) is 113 Å². The monoisotopic (exact) mass is 844 g/mol. The van der Waals surface area contributed by atoms with E-state index >= 15 is 0 Å². The van der Waals surface area contributed by atoms with E-state index in [2.05, 4.69) is 133 Å². The van der Waals surface area contributed by atoms with Crippen LogP contribution in [-0.4, -0.2) is 29.9 Å². The van der Waals surface area contributed by atoms with Gasteiger partial charge in [0, 0.05) is 38.9 Å². The van der Waals surface area contributed by atoms with Gasteiger partial charge in [0.25, 0.3) is 0 Å². The van der Waals surface area contributed by atoms with Gasteiger partial charge in [0.2, 0.25) is 0 Å². The molecule has 11 aromatic rings. The van der Waals surface area contributed by atoms with Crippen molar-refractivity contribution in [2.45, 2.75) is 0 Å². The SMILES string of the molecule is c1ccc(-c2cccc(-c3nc(-c4ccccc4)nc(-c4ccc(-c5ccccc5-c5nc(-c6ccccc6)nc(-c6ccccc6)n5)c(-c5ccccc5)c4-c4ccccc4)n3)c2)cc1. The van der Waals surface area contributed by atoms with E-state index < -0.39 is 0 Å². The Hall–Kier alpha value is -9.00. The summed E-state index contributed by atoms with van der Waals surface area (Å²) in [6.07, 6.45) is 0. The third kappa shape index (κ3) is 8.07. The normalized spacial score (nSPS) is 11.0. The standard InChI is InChI=1S/C60H40N6/c1-7-22-41(23-8-1)47-34-21-35-48(40-47)58-62-57(46-32-17-6-18-33-46)65-60(66-58)52-39-38-50(53(42-24-9-2-10-25-42)54(52)43-26-11-3-12-27-43)49-36-19-20-37-51(49)59-63-55(44-28-13-4-14-29-44)61-56(64-59)45-30-15-5-16-31-45/h1-40H. The minimum Gasteiger partial charge on any atom is -0.208 e. The van der Waals surface area contributed by atoms with Crippen molar-refractivity contribution in [2.75, 3.05) is 0 Å². The highest BCUT2D eigenvalue weighted by Gasteiger charge is 2.24. The Morgan fingerprint density at radius 3 is 0.939 bits per heavy atom. The first kappa shape index (κ1) is 39.8. The predicted molar refractivity (Wildman–Crippen MR) is 268 cm³/mol. The molecule has 0 saturated heterocycles. The van der Waals surface area contributed by atoms with Crippen molar-refractivity contribution in [3.8, 4) is 113 Å². The van der Waals surface area contributed by atoms with Crippen LogP contribution in [0.1, 0.15) is 0 Å². The Kier molecular flexibility index (Phi) is 10.9. The first-order chi connectivity index (χ1) is 32.7.